The number of nitrogens with one attached hydrogen (secondary N) is 2. The Morgan fingerprint density at radius 1 is 1.41 bits per heavy atom. The minimum Gasteiger partial charge on any atom is -0.381 e. The van der Waals surface area contributed by atoms with Gasteiger partial charge in [0.05, 0.1) is 6.54 Å². The molecule has 2 amide bonds. The summed E-state index contributed by atoms with van der Waals surface area (Å²) in [6, 6.07) is 0. The molecular formula is C11H21N3O3. The van der Waals surface area contributed by atoms with Crippen LogP contribution in [0.15, 0.2) is 0 Å². The Morgan fingerprint density at radius 2 is 2.06 bits per heavy atom. The molecule has 0 saturated carbocycles. The van der Waals surface area contributed by atoms with E-state index in [9.17, 15) is 9.59 Å². The van der Waals surface area contributed by atoms with Crippen LogP contribution in [0.1, 0.15) is 25.7 Å². The molecule has 1 heterocycles. The summed E-state index contributed by atoms with van der Waals surface area (Å²) in [6.45, 7) is 1.94. The van der Waals surface area contributed by atoms with Crippen LogP contribution in [0.2, 0.25) is 0 Å². The van der Waals surface area contributed by atoms with Crippen molar-refractivity contribution in [3.63, 3.8) is 0 Å². The van der Waals surface area contributed by atoms with Crippen LogP contribution in [0.5, 0.6) is 0 Å². The average molecular weight is 243 g/mol. The number of hydrogen-bond acceptors (Lipinski definition) is 4. The van der Waals surface area contributed by atoms with Crippen LogP contribution in [-0.4, -0.2) is 42.7 Å². The first-order valence-corrected chi connectivity index (χ1v) is 6.04. The van der Waals surface area contributed by atoms with Crippen molar-refractivity contribution in [2.75, 3.05) is 19.6 Å². The molecule has 1 unspecified atom stereocenters. The Bertz CT molecular complexity index is 265. The number of carbonyl (C=O) groups excluding carboxylic acids is 2. The van der Waals surface area contributed by atoms with Gasteiger partial charge in [0, 0.05) is 6.42 Å². The lowest BCUT2D eigenvalue weighted by Gasteiger charge is -2.22. The average Bonchev–Trinajstić information content (AvgIpc) is 2.34. The van der Waals surface area contributed by atoms with Crippen LogP contribution in [0.4, 0.5) is 0 Å². The number of aliphatic hydroxyl groups excluding tert-OH is 1. The molecule has 0 aliphatic carbocycles. The van der Waals surface area contributed by atoms with Gasteiger partial charge in [0.25, 0.3) is 0 Å². The van der Waals surface area contributed by atoms with Crippen molar-refractivity contribution in [3.8, 4) is 0 Å². The summed E-state index contributed by atoms with van der Waals surface area (Å²) >= 11 is 0. The third-order valence-electron chi connectivity index (χ3n) is 3.06. The van der Waals surface area contributed by atoms with Crippen LogP contribution < -0.4 is 16.4 Å². The highest BCUT2D eigenvalue weighted by Gasteiger charge is 2.16. The van der Waals surface area contributed by atoms with Crippen LogP contribution in [0.3, 0.4) is 0 Å². The molecule has 0 aromatic rings. The van der Waals surface area contributed by atoms with Crippen molar-refractivity contribution in [3.05, 3.63) is 0 Å². The second kappa shape index (κ2) is 7.24. The van der Waals surface area contributed by atoms with E-state index in [1.54, 1.807) is 0 Å². The summed E-state index contributed by atoms with van der Waals surface area (Å²) < 4.78 is 0. The number of primary amides is 1. The highest BCUT2D eigenvalue weighted by Crippen LogP contribution is 2.17. The van der Waals surface area contributed by atoms with Gasteiger partial charge in [-0.1, -0.05) is 0 Å². The summed E-state index contributed by atoms with van der Waals surface area (Å²) in [4.78, 5) is 22.0. The molecule has 1 fully saturated rings. The molecule has 1 aliphatic rings. The standard InChI is InChI=1S/C11H21N3O3/c12-11(17)9(15)7-14-10(16)2-1-8-3-5-13-6-4-8/h8-9,13,15H,1-7H2,(H2,12,17)(H,14,16). The van der Waals surface area contributed by atoms with Crippen molar-refractivity contribution in [2.24, 2.45) is 11.7 Å². The molecule has 0 aromatic heterocycles. The number of nitrogens with two attached hydrogens (primary N) is 1. The van der Waals surface area contributed by atoms with Crippen LogP contribution >= 0.6 is 0 Å². The summed E-state index contributed by atoms with van der Waals surface area (Å²) in [7, 11) is 0. The van der Waals surface area contributed by atoms with E-state index in [2.05, 4.69) is 10.6 Å². The lowest BCUT2D eigenvalue weighted by molar-refractivity contribution is -0.127. The molecule has 1 rings (SSSR count). The minimum absolute atomic E-state index is 0.0968. The van der Waals surface area contributed by atoms with E-state index >= 15 is 0 Å². The topological polar surface area (TPSA) is 104 Å². The monoisotopic (exact) mass is 243 g/mol. The van der Waals surface area contributed by atoms with Gasteiger partial charge in [-0.3, -0.25) is 9.59 Å². The Hall–Kier alpha value is -1.14. The number of carbonyl (C=O) groups is 2. The minimum atomic E-state index is -1.29. The molecule has 1 aliphatic heterocycles. The van der Waals surface area contributed by atoms with Gasteiger partial charge >= 0.3 is 0 Å². The highest BCUT2D eigenvalue weighted by molar-refractivity contribution is 5.80. The van der Waals surface area contributed by atoms with Gasteiger partial charge in [0.2, 0.25) is 11.8 Å². The molecule has 6 nitrogen and oxygen atoms in total. The van der Waals surface area contributed by atoms with E-state index in [4.69, 9.17) is 10.8 Å². The molecule has 6 heteroatoms. The van der Waals surface area contributed by atoms with Crippen molar-refractivity contribution in [1.29, 1.82) is 0 Å². The molecule has 1 atom stereocenters. The van der Waals surface area contributed by atoms with Crippen molar-refractivity contribution in [2.45, 2.75) is 31.8 Å². The number of aliphatic hydroxyl groups is 1. The zero-order chi connectivity index (χ0) is 12.7. The fraction of sp³-hybridized carbons (Fsp3) is 0.818. The van der Waals surface area contributed by atoms with Crippen LogP contribution in [-0.2, 0) is 9.59 Å². The largest absolute Gasteiger partial charge is 0.381 e. The quantitative estimate of drug-likeness (QED) is 0.467. The summed E-state index contributed by atoms with van der Waals surface area (Å²) in [5.74, 6) is -0.351. The summed E-state index contributed by atoms with van der Waals surface area (Å²) in [6.07, 6.45) is 2.22. The molecule has 0 bridgehead atoms. The highest BCUT2D eigenvalue weighted by atomic mass is 16.3. The van der Waals surface area contributed by atoms with E-state index in [0.29, 0.717) is 12.3 Å². The number of hydrogen-bond donors (Lipinski definition) is 4. The van der Waals surface area contributed by atoms with E-state index < -0.39 is 12.0 Å². The van der Waals surface area contributed by atoms with Gasteiger partial charge in [0.1, 0.15) is 6.10 Å². The first-order chi connectivity index (χ1) is 8.09. The Morgan fingerprint density at radius 3 is 2.65 bits per heavy atom. The first kappa shape index (κ1) is 13.9. The molecule has 98 valence electrons. The molecule has 0 radical (unpaired) electrons. The smallest absolute Gasteiger partial charge is 0.248 e. The van der Waals surface area contributed by atoms with E-state index in [0.717, 1.165) is 32.4 Å². The molecule has 0 spiro atoms. The third kappa shape index (κ3) is 5.65. The van der Waals surface area contributed by atoms with Crippen molar-refractivity contribution < 1.29 is 14.7 Å². The SMILES string of the molecule is NC(=O)C(O)CNC(=O)CCC1CCNCC1. The molecule has 1 saturated heterocycles. The van der Waals surface area contributed by atoms with Crippen molar-refractivity contribution >= 4 is 11.8 Å². The second-order valence-electron chi connectivity index (χ2n) is 4.45. The predicted octanol–water partition coefficient (Wildman–Crippen LogP) is -1.27. The van der Waals surface area contributed by atoms with Gasteiger partial charge in [0.15, 0.2) is 0 Å². The van der Waals surface area contributed by atoms with Gasteiger partial charge in [-0.2, -0.15) is 0 Å². The van der Waals surface area contributed by atoms with Crippen LogP contribution in [0, 0.1) is 5.92 Å². The number of rotatable bonds is 6. The fourth-order valence-corrected chi connectivity index (χ4v) is 1.91. The van der Waals surface area contributed by atoms with Crippen molar-refractivity contribution in [1.82, 2.24) is 10.6 Å². The number of piperidine rings is 1. The normalized spacial score (nSPS) is 18.6. The van der Waals surface area contributed by atoms with Gasteiger partial charge < -0.3 is 21.5 Å². The maximum absolute atomic E-state index is 11.4. The van der Waals surface area contributed by atoms with E-state index in [1.165, 1.54) is 0 Å². The maximum atomic E-state index is 11.4. The first-order valence-electron chi connectivity index (χ1n) is 6.04. The molecule has 17 heavy (non-hydrogen) atoms. The molecule has 5 N–H and O–H groups in total. The lowest BCUT2D eigenvalue weighted by atomic mass is 9.93. The van der Waals surface area contributed by atoms with E-state index in [-0.39, 0.29) is 12.5 Å². The fourth-order valence-electron chi connectivity index (χ4n) is 1.91. The Balaban J connectivity index is 2.10. The summed E-state index contributed by atoms with van der Waals surface area (Å²) in [5, 5.41) is 14.9. The lowest BCUT2D eigenvalue weighted by Crippen LogP contribution is -2.40. The summed E-state index contributed by atoms with van der Waals surface area (Å²) in [5.41, 5.74) is 4.87. The van der Waals surface area contributed by atoms with Gasteiger partial charge in [-0.05, 0) is 38.3 Å². The molecule has 0 aromatic carbocycles. The Labute approximate surface area is 101 Å². The van der Waals surface area contributed by atoms with E-state index in [1.807, 2.05) is 0 Å². The third-order valence-corrected chi connectivity index (χ3v) is 3.06. The second-order valence-corrected chi connectivity index (χ2v) is 4.45. The molecular weight excluding hydrogens is 222 g/mol. The number of amides is 2. The van der Waals surface area contributed by atoms with Gasteiger partial charge in [-0.15, -0.1) is 0 Å². The zero-order valence-electron chi connectivity index (χ0n) is 9.95. The van der Waals surface area contributed by atoms with Gasteiger partial charge in [-0.25, -0.2) is 0 Å². The maximum Gasteiger partial charge on any atom is 0.248 e. The predicted molar refractivity (Wildman–Crippen MR) is 63.0 cm³/mol. The van der Waals surface area contributed by atoms with Crippen LogP contribution in [0.25, 0.3) is 0 Å². The Kier molecular flexibility index (Phi) is 5.93. The zero-order valence-corrected chi connectivity index (χ0v) is 9.95.